The third kappa shape index (κ3) is 6.79. The second-order valence-electron chi connectivity index (χ2n) is 6.14. The molecule has 0 bridgehead atoms. The Bertz CT molecular complexity index is 388. The average Bonchev–Trinajstić information content (AvgIpc) is 2.44. The summed E-state index contributed by atoms with van der Waals surface area (Å²) in [4.78, 5) is 2.35. The van der Waals surface area contributed by atoms with Gasteiger partial charge in [0, 0.05) is 6.54 Å². The zero-order valence-electron chi connectivity index (χ0n) is 13.1. The van der Waals surface area contributed by atoms with Gasteiger partial charge in [-0.1, -0.05) is 36.8 Å². The Morgan fingerprint density at radius 3 is 2.48 bits per heavy atom. The van der Waals surface area contributed by atoms with Gasteiger partial charge in [0.05, 0.1) is 19.3 Å². The largest absolute Gasteiger partial charge is 0.389 e. The molecule has 1 N–H and O–H groups in total. The normalized spacial score (nSPS) is 18.2. The number of hydrogen-bond donors (Lipinski definition) is 1. The number of likely N-dealkylation sites (tertiary alicyclic amines) is 1. The van der Waals surface area contributed by atoms with Gasteiger partial charge in [0.1, 0.15) is 0 Å². The molecule has 1 unspecified atom stereocenters. The van der Waals surface area contributed by atoms with Gasteiger partial charge < -0.3 is 14.7 Å². The number of piperidine rings is 1. The van der Waals surface area contributed by atoms with Crippen molar-refractivity contribution in [3.63, 3.8) is 0 Å². The summed E-state index contributed by atoms with van der Waals surface area (Å²) in [6.07, 6.45) is 2.11. The Balaban J connectivity index is 0.00000220. The van der Waals surface area contributed by atoms with Gasteiger partial charge in [0.2, 0.25) is 0 Å². The minimum atomic E-state index is -0.381. The predicted octanol–water partition coefficient (Wildman–Crippen LogP) is 3.03. The Hall–Kier alpha value is -0.610. The first-order chi connectivity index (χ1) is 9.63. The maximum Gasteiger partial charge on any atom is 0.0900 e. The highest BCUT2D eigenvalue weighted by Gasteiger charge is 2.18. The van der Waals surface area contributed by atoms with Crippen LogP contribution in [0.2, 0.25) is 0 Å². The van der Waals surface area contributed by atoms with Crippen LogP contribution in [0, 0.1) is 12.8 Å². The molecule has 1 aliphatic rings. The van der Waals surface area contributed by atoms with Crippen molar-refractivity contribution >= 4 is 12.4 Å². The molecule has 21 heavy (non-hydrogen) atoms. The van der Waals surface area contributed by atoms with Crippen molar-refractivity contribution in [3.05, 3.63) is 35.4 Å². The van der Waals surface area contributed by atoms with Crippen LogP contribution in [0.3, 0.4) is 0 Å². The fourth-order valence-electron chi connectivity index (χ4n) is 2.59. The summed E-state index contributed by atoms with van der Waals surface area (Å²) in [5.74, 6) is 0.834. The van der Waals surface area contributed by atoms with Crippen molar-refractivity contribution < 1.29 is 9.84 Å². The molecule has 1 heterocycles. The Morgan fingerprint density at radius 2 is 1.86 bits per heavy atom. The van der Waals surface area contributed by atoms with Crippen LogP contribution in [0.25, 0.3) is 0 Å². The Morgan fingerprint density at radius 1 is 1.24 bits per heavy atom. The maximum atomic E-state index is 10.0. The summed E-state index contributed by atoms with van der Waals surface area (Å²) >= 11 is 0. The molecule has 0 radical (unpaired) electrons. The molecular formula is C17H28ClNO2. The molecule has 1 aliphatic heterocycles. The van der Waals surface area contributed by atoms with E-state index >= 15 is 0 Å². The second kappa shape index (κ2) is 9.42. The van der Waals surface area contributed by atoms with Crippen molar-refractivity contribution in [2.24, 2.45) is 5.92 Å². The van der Waals surface area contributed by atoms with Crippen molar-refractivity contribution in [1.29, 1.82) is 0 Å². The van der Waals surface area contributed by atoms with Crippen LogP contribution in [0.15, 0.2) is 24.3 Å². The van der Waals surface area contributed by atoms with Crippen LogP contribution in [0.4, 0.5) is 0 Å². The summed E-state index contributed by atoms with van der Waals surface area (Å²) in [5.41, 5.74) is 2.42. The lowest BCUT2D eigenvalue weighted by molar-refractivity contribution is 0.00496. The van der Waals surface area contributed by atoms with Crippen molar-refractivity contribution in [2.75, 3.05) is 26.2 Å². The molecule has 1 aromatic rings. The molecule has 120 valence electrons. The third-order valence-electron chi connectivity index (χ3n) is 4.04. The van der Waals surface area contributed by atoms with Gasteiger partial charge in [0.25, 0.3) is 0 Å². The molecule has 0 aliphatic carbocycles. The molecular weight excluding hydrogens is 286 g/mol. The smallest absolute Gasteiger partial charge is 0.0900 e. The van der Waals surface area contributed by atoms with E-state index in [2.05, 4.69) is 43.0 Å². The molecule has 0 amide bonds. The maximum absolute atomic E-state index is 10.0. The summed E-state index contributed by atoms with van der Waals surface area (Å²) in [7, 11) is 0. The van der Waals surface area contributed by atoms with E-state index in [0.29, 0.717) is 13.2 Å². The van der Waals surface area contributed by atoms with Crippen molar-refractivity contribution in [3.8, 4) is 0 Å². The van der Waals surface area contributed by atoms with Crippen molar-refractivity contribution in [1.82, 2.24) is 4.90 Å². The number of β-amino-alcohol motifs (C(OH)–C–C–N with tert-alkyl or cyclic N) is 1. The van der Waals surface area contributed by atoms with Gasteiger partial charge in [-0.05, 0) is 44.3 Å². The van der Waals surface area contributed by atoms with Gasteiger partial charge in [-0.2, -0.15) is 0 Å². The zero-order valence-corrected chi connectivity index (χ0v) is 13.9. The van der Waals surface area contributed by atoms with Crippen LogP contribution in [0.5, 0.6) is 0 Å². The highest BCUT2D eigenvalue weighted by Crippen LogP contribution is 2.16. The first-order valence-electron chi connectivity index (χ1n) is 7.67. The van der Waals surface area contributed by atoms with Gasteiger partial charge in [0.15, 0.2) is 0 Å². The highest BCUT2D eigenvalue weighted by molar-refractivity contribution is 5.85. The molecule has 1 aromatic carbocycles. The summed E-state index contributed by atoms with van der Waals surface area (Å²) in [6.45, 7) is 8.33. The lowest BCUT2D eigenvalue weighted by atomic mass is 9.99. The zero-order chi connectivity index (χ0) is 14.4. The van der Waals surface area contributed by atoms with Gasteiger partial charge in [-0.25, -0.2) is 0 Å². The number of hydrogen-bond acceptors (Lipinski definition) is 3. The monoisotopic (exact) mass is 313 g/mol. The SMILES string of the molecule is Cc1ccc(COCC(O)CN2CCC(C)CC2)cc1.Cl. The minimum Gasteiger partial charge on any atom is -0.389 e. The first-order valence-corrected chi connectivity index (χ1v) is 7.67. The minimum absolute atomic E-state index is 0. The number of benzene rings is 1. The summed E-state index contributed by atoms with van der Waals surface area (Å²) < 4.78 is 5.61. The Kier molecular flexibility index (Phi) is 8.27. The van der Waals surface area contributed by atoms with Crippen LogP contribution in [-0.2, 0) is 11.3 Å². The van der Waals surface area contributed by atoms with Crippen LogP contribution in [-0.4, -0.2) is 42.4 Å². The average molecular weight is 314 g/mol. The fourth-order valence-corrected chi connectivity index (χ4v) is 2.59. The van der Waals surface area contributed by atoms with E-state index in [1.165, 1.54) is 18.4 Å². The lowest BCUT2D eigenvalue weighted by Crippen LogP contribution is -2.39. The first kappa shape index (κ1) is 18.4. The number of rotatable bonds is 6. The van der Waals surface area contributed by atoms with Crippen LogP contribution < -0.4 is 0 Å². The van der Waals surface area contributed by atoms with Crippen LogP contribution in [0.1, 0.15) is 30.9 Å². The number of nitrogens with zero attached hydrogens (tertiary/aromatic N) is 1. The van der Waals surface area contributed by atoms with E-state index < -0.39 is 0 Å². The number of aliphatic hydroxyl groups excluding tert-OH is 1. The van der Waals surface area contributed by atoms with Crippen LogP contribution >= 0.6 is 12.4 Å². The van der Waals surface area contributed by atoms with E-state index in [1.54, 1.807) is 0 Å². The molecule has 0 spiro atoms. The molecule has 2 rings (SSSR count). The van der Waals surface area contributed by atoms with E-state index in [9.17, 15) is 5.11 Å². The standard InChI is InChI=1S/C17H27NO2.ClH/c1-14-3-5-16(6-4-14)12-20-13-17(19)11-18-9-7-15(2)8-10-18;/h3-6,15,17,19H,7-13H2,1-2H3;1H. The van der Waals surface area contributed by atoms with E-state index in [1.807, 2.05) is 0 Å². The lowest BCUT2D eigenvalue weighted by Gasteiger charge is -2.31. The quantitative estimate of drug-likeness (QED) is 0.876. The molecule has 1 atom stereocenters. The Labute approximate surface area is 134 Å². The van der Waals surface area contributed by atoms with Gasteiger partial charge in [-0.3, -0.25) is 0 Å². The van der Waals surface area contributed by atoms with E-state index in [0.717, 1.165) is 31.1 Å². The molecule has 4 heteroatoms. The topological polar surface area (TPSA) is 32.7 Å². The highest BCUT2D eigenvalue weighted by atomic mass is 35.5. The number of aryl methyl sites for hydroxylation is 1. The second-order valence-corrected chi connectivity index (χ2v) is 6.14. The molecule has 3 nitrogen and oxygen atoms in total. The third-order valence-corrected chi connectivity index (χ3v) is 4.04. The van der Waals surface area contributed by atoms with Gasteiger partial charge in [-0.15, -0.1) is 12.4 Å². The van der Waals surface area contributed by atoms with Crippen molar-refractivity contribution in [2.45, 2.75) is 39.4 Å². The molecule has 1 saturated heterocycles. The van der Waals surface area contributed by atoms with Gasteiger partial charge >= 0.3 is 0 Å². The van der Waals surface area contributed by atoms with E-state index in [4.69, 9.17) is 4.74 Å². The number of halogens is 1. The summed E-state index contributed by atoms with van der Waals surface area (Å²) in [6, 6.07) is 8.33. The fraction of sp³-hybridized carbons (Fsp3) is 0.647. The molecule has 0 aromatic heterocycles. The summed E-state index contributed by atoms with van der Waals surface area (Å²) in [5, 5.41) is 10.0. The number of ether oxygens (including phenoxy) is 1. The molecule has 0 saturated carbocycles. The predicted molar refractivity (Wildman–Crippen MR) is 88.9 cm³/mol. The van der Waals surface area contributed by atoms with E-state index in [-0.39, 0.29) is 18.5 Å². The number of aliphatic hydroxyl groups is 1. The molecule has 1 fully saturated rings.